The second-order valence-electron chi connectivity index (χ2n) is 2.72. The first-order valence-corrected chi connectivity index (χ1v) is 5.37. The van der Waals surface area contributed by atoms with Crippen LogP contribution in [0, 0.1) is 0 Å². The molecule has 1 heterocycles. The summed E-state index contributed by atoms with van der Waals surface area (Å²) in [6, 6.07) is 5.82. The first kappa shape index (κ1) is 10.6. The van der Waals surface area contributed by atoms with Crippen LogP contribution in [0.25, 0.3) is 11.5 Å². The van der Waals surface area contributed by atoms with E-state index in [-0.39, 0.29) is 17.2 Å². The normalized spacial score (nSPS) is 11.3. The molecule has 1 aromatic heterocycles. The largest absolute Gasteiger partial charge is 0.488 e. The summed E-state index contributed by atoms with van der Waals surface area (Å²) in [5.41, 5.74) is 0.196. The zero-order chi connectivity index (χ0) is 11.6. The van der Waals surface area contributed by atoms with Crippen molar-refractivity contribution in [2.75, 3.05) is 0 Å². The van der Waals surface area contributed by atoms with E-state index in [2.05, 4.69) is 14.4 Å². The molecular weight excluding hydrogens is 239 g/mol. The van der Waals surface area contributed by atoms with Crippen molar-refractivity contribution in [3.8, 4) is 17.2 Å². The van der Waals surface area contributed by atoms with Crippen LogP contribution in [-0.2, 0) is 10.5 Å². The maximum atomic E-state index is 12.4. The third kappa shape index (κ3) is 2.34. The van der Waals surface area contributed by atoms with Crippen LogP contribution in [0.4, 0.5) is 3.89 Å². The van der Waals surface area contributed by atoms with Crippen molar-refractivity contribution in [2.24, 2.45) is 0 Å². The van der Waals surface area contributed by atoms with Crippen molar-refractivity contribution >= 4 is 10.5 Å². The zero-order valence-corrected chi connectivity index (χ0v) is 8.52. The fourth-order valence-electron chi connectivity index (χ4n) is 1.11. The number of hydrogen-bond acceptors (Lipinski definition) is 6. The number of rotatable bonds is 3. The molecule has 1 aromatic carbocycles. The summed E-state index contributed by atoms with van der Waals surface area (Å²) in [5.74, 6) is -0.173. The summed E-state index contributed by atoms with van der Waals surface area (Å²) in [7, 11) is -5.08. The van der Waals surface area contributed by atoms with E-state index in [1.165, 1.54) is 18.2 Å². The van der Waals surface area contributed by atoms with Gasteiger partial charge in [-0.25, -0.2) is 0 Å². The molecule has 0 N–H and O–H groups in total. The lowest BCUT2D eigenvalue weighted by Gasteiger charge is -2.03. The highest BCUT2D eigenvalue weighted by atomic mass is 32.3. The average Bonchev–Trinajstić information content (AvgIpc) is 2.69. The fraction of sp³-hybridized carbons (Fsp3) is 0. The molecule has 0 saturated carbocycles. The van der Waals surface area contributed by atoms with Crippen molar-refractivity contribution in [2.45, 2.75) is 0 Å². The number of hydrogen-bond donors (Lipinski definition) is 0. The van der Waals surface area contributed by atoms with Gasteiger partial charge in [-0.2, -0.15) is 8.42 Å². The van der Waals surface area contributed by atoms with E-state index in [1.807, 2.05) is 0 Å². The molecule has 84 valence electrons. The van der Waals surface area contributed by atoms with Gasteiger partial charge in [0.25, 0.3) is 5.89 Å². The third-order valence-electron chi connectivity index (χ3n) is 1.67. The Balaban J connectivity index is 2.47. The predicted octanol–water partition coefficient (Wildman–Crippen LogP) is 1.33. The van der Waals surface area contributed by atoms with Gasteiger partial charge < -0.3 is 8.60 Å². The lowest BCUT2D eigenvalue weighted by Crippen LogP contribution is -2.02. The van der Waals surface area contributed by atoms with E-state index in [9.17, 15) is 12.3 Å². The Kier molecular flexibility index (Phi) is 2.57. The Labute approximate surface area is 90.1 Å². The van der Waals surface area contributed by atoms with Crippen LogP contribution >= 0.6 is 0 Å². The van der Waals surface area contributed by atoms with Crippen LogP contribution in [0.2, 0.25) is 0 Å². The second kappa shape index (κ2) is 3.89. The Morgan fingerprint density at radius 2 is 2.06 bits per heavy atom. The molecule has 6 nitrogen and oxygen atoms in total. The number of nitrogens with zero attached hydrogens (tertiary/aromatic N) is 2. The van der Waals surface area contributed by atoms with E-state index >= 15 is 0 Å². The van der Waals surface area contributed by atoms with E-state index < -0.39 is 10.5 Å². The molecule has 0 radical (unpaired) electrons. The van der Waals surface area contributed by atoms with Crippen LogP contribution < -0.4 is 4.18 Å². The molecule has 0 aliphatic heterocycles. The van der Waals surface area contributed by atoms with Gasteiger partial charge in [-0.1, -0.05) is 16.0 Å². The van der Waals surface area contributed by atoms with Gasteiger partial charge >= 0.3 is 10.5 Å². The smallest absolute Gasteiger partial charge is 0.423 e. The third-order valence-corrected chi connectivity index (χ3v) is 2.05. The van der Waals surface area contributed by atoms with Gasteiger partial charge in [-0.05, 0) is 12.1 Å². The molecule has 16 heavy (non-hydrogen) atoms. The lowest BCUT2D eigenvalue weighted by atomic mass is 10.2. The highest BCUT2D eigenvalue weighted by molar-refractivity contribution is 7.81. The lowest BCUT2D eigenvalue weighted by molar-refractivity contribution is 0.440. The molecular formula is C8H5FN2O4S. The van der Waals surface area contributed by atoms with Gasteiger partial charge in [-0.3, -0.25) is 0 Å². The van der Waals surface area contributed by atoms with Crippen LogP contribution in [0.3, 0.4) is 0 Å². The molecule has 0 spiro atoms. The quantitative estimate of drug-likeness (QED) is 0.757. The highest BCUT2D eigenvalue weighted by Crippen LogP contribution is 2.29. The van der Waals surface area contributed by atoms with Crippen molar-refractivity contribution < 1.29 is 20.9 Å². The summed E-state index contributed by atoms with van der Waals surface area (Å²) >= 11 is 0. The molecule has 0 fully saturated rings. The first-order valence-electron chi connectivity index (χ1n) is 4.06. The van der Waals surface area contributed by atoms with Gasteiger partial charge in [-0.15, -0.1) is 10.2 Å². The van der Waals surface area contributed by atoms with E-state index in [4.69, 9.17) is 4.42 Å². The molecule has 0 amide bonds. The number of aromatic nitrogens is 2. The summed E-state index contributed by atoms with van der Waals surface area (Å²) in [5, 5.41) is 6.98. The minimum atomic E-state index is -5.08. The standard InChI is InChI=1S/C8H5FN2O4S/c9-16(12,13)15-7-4-2-1-3-6(7)8-11-10-5-14-8/h1-5H. The molecule has 0 aliphatic rings. The highest BCUT2D eigenvalue weighted by Gasteiger charge is 2.16. The monoisotopic (exact) mass is 244 g/mol. The summed E-state index contributed by atoms with van der Waals surface area (Å²) in [4.78, 5) is 0. The van der Waals surface area contributed by atoms with Crippen molar-refractivity contribution in [1.82, 2.24) is 10.2 Å². The van der Waals surface area contributed by atoms with Crippen molar-refractivity contribution in [1.29, 1.82) is 0 Å². The molecule has 0 bridgehead atoms. The summed E-state index contributed by atoms with van der Waals surface area (Å²) < 4.78 is 42.1. The Morgan fingerprint density at radius 3 is 2.69 bits per heavy atom. The summed E-state index contributed by atoms with van der Waals surface area (Å²) in [6.07, 6.45) is 1.07. The molecule has 0 unspecified atom stereocenters. The van der Waals surface area contributed by atoms with E-state index in [0.717, 1.165) is 6.39 Å². The van der Waals surface area contributed by atoms with Gasteiger partial charge in [0.05, 0.1) is 5.56 Å². The van der Waals surface area contributed by atoms with Crippen LogP contribution in [0.1, 0.15) is 0 Å². The molecule has 2 rings (SSSR count). The van der Waals surface area contributed by atoms with Crippen LogP contribution in [0.5, 0.6) is 5.75 Å². The number of para-hydroxylation sites is 1. The Hall–Kier alpha value is -1.96. The zero-order valence-electron chi connectivity index (χ0n) is 7.70. The number of benzene rings is 1. The maximum absolute atomic E-state index is 12.4. The van der Waals surface area contributed by atoms with Gasteiger partial charge in [0.1, 0.15) is 0 Å². The maximum Gasteiger partial charge on any atom is 0.488 e. The SMILES string of the molecule is O=S(=O)(F)Oc1ccccc1-c1nnco1. The Morgan fingerprint density at radius 1 is 1.31 bits per heavy atom. The van der Waals surface area contributed by atoms with E-state index in [1.54, 1.807) is 6.07 Å². The minimum absolute atomic E-state index is 0.0410. The molecule has 0 atom stereocenters. The Bertz CT molecular complexity index is 582. The van der Waals surface area contributed by atoms with E-state index in [0.29, 0.717) is 0 Å². The molecule has 0 saturated heterocycles. The predicted molar refractivity (Wildman–Crippen MR) is 50.4 cm³/mol. The van der Waals surface area contributed by atoms with Crippen LogP contribution in [0.15, 0.2) is 35.1 Å². The van der Waals surface area contributed by atoms with Gasteiger partial charge in [0.15, 0.2) is 5.75 Å². The average molecular weight is 244 g/mol. The van der Waals surface area contributed by atoms with Crippen molar-refractivity contribution in [3.05, 3.63) is 30.7 Å². The molecule has 0 aliphatic carbocycles. The molecule has 8 heteroatoms. The minimum Gasteiger partial charge on any atom is -0.423 e. The first-order chi connectivity index (χ1) is 7.56. The van der Waals surface area contributed by atoms with Gasteiger partial charge in [0.2, 0.25) is 6.39 Å². The summed E-state index contributed by atoms with van der Waals surface area (Å²) in [6.45, 7) is 0. The van der Waals surface area contributed by atoms with Crippen LogP contribution in [-0.4, -0.2) is 18.6 Å². The fourth-order valence-corrected chi connectivity index (χ4v) is 1.47. The number of halogens is 1. The molecule has 2 aromatic rings. The van der Waals surface area contributed by atoms with Crippen molar-refractivity contribution in [3.63, 3.8) is 0 Å². The van der Waals surface area contributed by atoms with Gasteiger partial charge in [0, 0.05) is 0 Å². The topological polar surface area (TPSA) is 82.3 Å². The second-order valence-corrected chi connectivity index (χ2v) is 3.67.